The van der Waals surface area contributed by atoms with Gasteiger partial charge in [-0.05, 0) is 38.0 Å². The average Bonchev–Trinajstić information content (AvgIpc) is 3.49. The number of carbonyl (C=O) groups is 2. The molecule has 2 aliphatic heterocycles. The predicted molar refractivity (Wildman–Crippen MR) is 142 cm³/mol. The second-order valence-corrected chi connectivity index (χ2v) is 10.3. The van der Waals surface area contributed by atoms with Gasteiger partial charge in [0.15, 0.2) is 0 Å². The first kappa shape index (κ1) is 26.9. The molecule has 13 nitrogen and oxygen atoms in total. The van der Waals surface area contributed by atoms with Crippen LogP contribution >= 0.6 is 0 Å². The van der Waals surface area contributed by atoms with E-state index in [9.17, 15) is 19.5 Å². The quantitative estimate of drug-likeness (QED) is 0.412. The fraction of sp³-hybridized carbons (Fsp3) is 0.538. The summed E-state index contributed by atoms with van der Waals surface area (Å²) in [5.74, 6) is -0.187. The van der Waals surface area contributed by atoms with Crippen LogP contribution < -0.4 is 10.9 Å². The highest BCUT2D eigenvalue weighted by Gasteiger charge is 2.36. The number of hydrogen-bond donors (Lipinski definition) is 2. The minimum atomic E-state index is -1.14. The average molecular weight is 539 g/mol. The molecule has 0 aliphatic carbocycles. The number of benzene rings is 1. The maximum atomic E-state index is 13.2. The Balaban J connectivity index is 1.18. The Morgan fingerprint density at radius 1 is 1.18 bits per heavy atom. The van der Waals surface area contributed by atoms with Crippen molar-refractivity contribution in [3.05, 3.63) is 47.3 Å². The van der Waals surface area contributed by atoms with Gasteiger partial charge in [0.05, 0.1) is 48.8 Å². The van der Waals surface area contributed by atoms with E-state index >= 15 is 0 Å². The molecule has 3 aromatic rings. The molecule has 1 aromatic carbocycles. The van der Waals surface area contributed by atoms with Crippen LogP contribution in [0.1, 0.15) is 32.2 Å². The third-order valence-electron chi connectivity index (χ3n) is 7.53. The van der Waals surface area contributed by atoms with Crippen molar-refractivity contribution in [2.75, 3.05) is 51.3 Å². The number of morpholine rings is 1. The fourth-order valence-corrected chi connectivity index (χ4v) is 5.08. The first-order valence-electron chi connectivity index (χ1n) is 13.3. The molecule has 2 saturated heterocycles. The summed E-state index contributed by atoms with van der Waals surface area (Å²) < 4.78 is 8.25. The van der Waals surface area contributed by atoms with Crippen LogP contribution in [-0.2, 0) is 20.9 Å². The van der Waals surface area contributed by atoms with E-state index in [0.717, 1.165) is 13.1 Å². The van der Waals surface area contributed by atoms with Gasteiger partial charge in [0.2, 0.25) is 11.8 Å². The van der Waals surface area contributed by atoms with E-state index in [1.807, 2.05) is 0 Å². The molecular weight excluding hydrogens is 504 g/mol. The maximum absolute atomic E-state index is 13.2. The largest absolute Gasteiger partial charge is 0.388 e. The van der Waals surface area contributed by atoms with Gasteiger partial charge in [-0.3, -0.25) is 23.9 Å². The van der Waals surface area contributed by atoms with Gasteiger partial charge in [0, 0.05) is 51.0 Å². The highest BCUT2D eigenvalue weighted by molar-refractivity contribution is 5.93. The van der Waals surface area contributed by atoms with Gasteiger partial charge in [-0.2, -0.15) is 0 Å². The van der Waals surface area contributed by atoms with Crippen LogP contribution in [0.25, 0.3) is 10.9 Å². The second kappa shape index (κ2) is 11.6. The number of aromatic nitrogens is 5. The molecule has 0 unspecified atom stereocenters. The molecule has 13 heteroatoms. The van der Waals surface area contributed by atoms with Crippen molar-refractivity contribution >= 4 is 28.4 Å². The number of likely N-dealkylation sites (tertiary alicyclic amines) is 1. The summed E-state index contributed by atoms with van der Waals surface area (Å²) in [4.78, 5) is 46.7. The molecular formula is C26H34N8O5. The van der Waals surface area contributed by atoms with Gasteiger partial charge in [0.1, 0.15) is 6.04 Å². The van der Waals surface area contributed by atoms with Crippen molar-refractivity contribution in [2.24, 2.45) is 0 Å². The lowest BCUT2D eigenvalue weighted by Crippen LogP contribution is -2.50. The van der Waals surface area contributed by atoms with E-state index < -0.39 is 11.6 Å². The van der Waals surface area contributed by atoms with Crippen molar-refractivity contribution < 1.29 is 19.4 Å². The lowest BCUT2D eigenvalue weighted by molar-refractivity contribution is -0.139. The number of anilines is 1. The van der Waals surface area contributed by atoms with Crippen LogP contribution in [0.2, 0.25) is 0 Å². The van der Waals surface area contributed by atoms with Gasteiger partial charge in [-0.1, -0.05) is 5.21 Å². The number of piperidine rings is 1. The van der Waals surface area contributed by atoms with Gasteiger partial charge < -0.3 is 20.1 Å². The zero-order valence-corrected chi connectivity index (χ0v) is 22.0. The zero-order valence-electron chi connectivity index (χ0n) is 22.0. The molecule has 1 atom stereocenters. The normalized spacial score (nSPS) is 18.7. The van der Waals surface area contributed by atoms with Crippen molar-refractivity contribution in [3.63, 3.8) is 0 Å². The lowest BCUT2D eigenvalue weighted by atomic mass is 9.91. The summed E-state index contributed by atoms with van der Waals surface area (Å²) in [6.45, 7) is 6.29. The SMILES string of the molecule is C[C@@H](C(=O)N1CCC(O)(Cn2cnc3cc(NC(=O)CCN4CCOCC4)ccc3c2=O)CC1)n1ccnn1. The van der Waals surface area contributed by atoms with Crippen molar-refractivity contribution in [2.45, 2.75) is 44.4 Å². The molecule has 0 bridgehead atoms. The van der Waals surface area contributed by atoms with Crippen LogP contribution in [0.15, 0.2) is 41.7 Å². The first-order valence-corrected chi connectivity index (χ1v) is 13.3. The first-order chi connectivity index (χ1) is 18.8. The van der Waals surface area contributed by atoms with Crippen LogP contribution in [0, 0.1) is 0 Å². The van der Waals surface area contributed by atoms with Crippen LogP contribution in [-0.4, -0.2) is 103 Å². The van der Waals surface area contributed by atoms with Crippen LogP contribution in [0.4, 0.5) is 5.69 Å². The van der Waals surface area contributed by atoms with Crippen molar-refractivity contribution in [3.8, 4) is 0 Å². The highest BCUT2D eigenvalue weighted by atomic mass is 16.5. The zero-order chi connectivity index (χ0) is 27.4. The van der Waals surface area contributed by atoms with E-state index in [-0.39, 0.29) is 23.9 Å². The van der Waals surface area contributed by atoms with Crippen LogP contribution in [0.3, 0.4) is 0 Å². The molecule has 2 aliphatic rings. The Morgan fingerprint density at radius 3 is 2.67 bits per heavy atom. The third kappa shape index (κ3) is 6.32. The Morgan fingerprint density at radius 2 is 1.95 bits per heavy atom. The Hall–Kier alpha value is -3.68. The van der Waals surface area contributed by atoms with Crippen molar-refractivity contribution in [1.29, 1.82) is 0 Å². The number of nitrogens with one attached hydrogen (secondary N) is 1. The Kier molecular flexibility index (Phi) is 8.00. The van der Waals surface area contributed by atoms with E-state index in [1.54, 1.807) is 36.2 Å². The Labute approximate surface area is 225 Å². The standard InChI is InChI=1S/C26H34N8O5/c1-19(34-11-7-28-30-34)24(36)32-9-5-26(38,6-10-32)17-33-18-27-22-16-20(2-3-21(22)25(33)37)29-23(35)4-8-31-12-14-39-15-13-31/h2-3,7,11,16,18-19,38H,4-6,8-10,12-15,17H2,1H3,(H,29,35)/t19-/m0/s1. The summed E-state index contributed by atoms with van der Waals surface area (Å²) in [5.41, 5.74) is -0.357. The van der Waals surface area contributed by atoms with Crippen molar-refractivity contribution in [1.82, 2.24) is 34.3 Å². The number of nitrogens with zero attached hydrogens (tertiary/aromatic N) is 7. The van der Waals surface area contributed by atoms with Crippen LogP contribution in [0.5, 0.6) is 0 Å². The minimum Gasteiger partial charge on any atom is -0.388 e. The fourth-order valence-electron chi connectivity index (χ4n) is 5.08. The number of carbonyl (C=O) groups excluding carboxylic acids is 2. The Bertz CT molecular complexity index is 1360. The predicted octanol–water partition coefficient (Wildman–Crippen LogP) is 0.264. The molecule has 2 fully saturated rings. The lowest BCUT2D eigenvalue weighted by Gasteiger charge is -2.39. The number of aliphatic hydroxyl groups is 1. The monoisotopic (exact) mass is 538 g/mol. The molecule has 0 spiro atoms. The molecule has 39 heavy (non-hydrogen) atoms. The molecule has 2 aromatic heterocycles. The molecule has 208 valence electrons. The van der Waals surface area contributed by atoms with E-state index in [2.05, 4.69) is 25.5 Å². The number of rotatable bonds is 8. The summed E-state index contributed by atoms with van der Waals surface area (Å²) in [6, 6.07) is 4.54. The maximum Gasteiger partial charge on any atom is 0.261 e. The number of hydrogen-bond acceptors (Lipinski definition) is 9. The summed E-state index contributed by atoms with van der Waals surface area (Å²) in [5, 5.41) is 22.2. The van der Waals surface area contributed by atoms with E-state index in [4.69, 9.17) is 4.74 Å². The number of fused-ring (bicyclic) bond motifs is 1. The smallest absolute Gasteiger partial charge is 0.261 e. The molecule has 2 N–H and O–H groups in total. The molecule has 4 heterocycles. The molecule has 0 radical (unpaired) electrons. The van der Waals surface area contributed by atoms with Gasteiger partial charge >= 0.3 is 0 Å². The van der Waals surface area contributed by atoms with Gasteiger partial charge in [-0.25, -0.2) is 9.67 Å². The molecule has 5 rings (SSSR count). The summed E-state index contributed by atoms with van der Waals surface area (Å²) in [7, 11) is 0. The summed E-state index contributed by atoms with van der Waals surface area (Å²) in [6.07, 6.45) is 5.64. The van der Waals surface area contributed by atoms with Gasteiger partial charge in [-0.15, -0.1) is 5.10 Å². The summed E-state index contributed by atoms with van der Waals surface area (Å²) >= 11 is 0. The minimum absolute atomic E-state index is 0.0788. The molecule has 0 saturated carbocycles. The van der Waals surface area contributed by atoms with E-state index in [1.165, 1.54) is 21.8 Å². The van der Waals surface area contributed by atoms with E-state index in [0.29, 0.717) is 68.7 Å². The third-order valence-corrected chi connectivity index (χ3v) is 7.53. The topological polar surface area (TPSA) is 148 Å². The molecule has 2 amide bonds. The van der Waals surface area contributed by atoms with Gasteiger partial charge in [0.25, 0.3) is 5.56 Å². The second-order valence-electron chi connectivity index (χ2n) is 10.3. The highest BCUT2D eigenvalue weighted by Crippen LogP contribution is 2.26. The number of ether oxygens (including phenoxy) is 1. The number of amides is 2.